The minimum Gasteiger partial charge on any atom is -0.328 e. The van der Waals surface area contributed by atoms with E-state index in [2.05, 4.69) is 31.5 Å². The summed E-state index contributed by atoms with van der Waals surface area (Å²) in [6, 6.07) is 6.94. The smallest absolute Gasteiger partial charge is 0.137 e. The van der Waals surface area contributed by atoms with Gasteiger partial charge in [0.05, 0.1) is 24.5 Å². The molecular formula is C17H19FN6. The summed E-state index contributed by atoms with van der Waals surface area (Å²) in [7, 11) is 0. The van der Waals surface area contributed by atoms with Crippen LogP contribution in [0.2, 0.25) is 0 Å². The first-order chi connectivity index (χ1) is 11.7. The molecule has 1 atom stereocenters. The lowest BCUT2D eigenvalue weighted by molar-refractivity contribution is 0.155. The maximum Gasteiger partial charge on any atom is 0.137 e. The van der Waals surface area contributed by atoms with Crippen LogP contribution in [-0.2, 0) is 19.6 Å². The number of rotatable bonds is 4. The summed E-state index contributed by atoms with van der Waals surface area (Å²) in [4.78, 5) is 11.0. The summed E-state index contributed by atoms with van der Waals surface area (Å²) in [5, 5.41) is 4.16. The van der Waals surface area contributed by atoms with Crippen molar-refractivity contribution in [2.45, 2.75) is 32.6 Å². The van der Waals surface area contributed by atoms with E-state index >= 15 is 0 Å². The molecule has 0 fully saturated rings. The van der Waals surface area contributed by atoms with E-state index in [-0.39, 0.29) is 11.9 Å². The highest BCUT2D eigenvalue weighted by atomic mass is 19.1. The number of fused-ring (bicyclic) bond motifs is 1. The normalized spacial score (nSPS) is 17.8. The van der Waals surface area contributed by atoms with Crippen molar-refractivity contribution in [2.24, 2.45) is 0 Å². The molecule has 0 radical (unpaired) electrons. The van der Waals surface area contributed by atoms with Gasteiger partial charge in [-0.05, 0) is 24.6 Å². The lowest BCUT2D eigenvalue weighted by atomic mass is 10.1. The summed E-state index contributed by atoms with van der Waals surface area (Å²) in [6.45, 7) is 5.47. The van der Waals surface area contributed by atoms with Crippen molar-refractivity contribution in [1.29, 1.82) is 0 Å². The molecule has 3 heterocycles. The largest absolute Gasteiger partial charge is 0.328 e. The summed E-state index contributed by atoms with van der Waals surface area (Å²) in [5.41, 5.74) is 2.26. The van der Waals surface area contributed by atoms with Crippen molar-refractivity contribution in [3.8, 4) is 0 Å². The molecule has 0 aliphatic carbocycles. The van der Waals surface area contributed by atoms with Crippen LogP contribution in [0.3, 0.4) is 0 Å². The van der Waals surface area contributed by atoms with Crippen LogP contribution in [0, 0.1) is 5.82 Å². The van der Waals surface area contributed by atoms with Gasteiger partial charge < -0.3 is 4.57 Å². The molecule has 0 N–H and O–H groups in total. The van der Waals surface area contributed by atoms with Crippen LogP contribution in [0.15, 0.2) is 43.1 Å². The number of hydrogen-bond donors (Lipinski definition) is 0. The van der Waals surface area contributed by atoms with Gasteiger partial charge in [0.15, 0.2) is 0 Å². The maximum absolute atomic E-state index is 13.1. The number of hydrogen-bond acceptors (Lipinski definition) is 4. The van der Waals surface area contributed by atoms with Crippen LogP contribution >= 0.6 is 0 Å². The molecule has 1 aliphatic heterocycles. The van der Waals surface area contributed by atoms with Crippen LogP contribution in [0.4, 0.5) is 4.39 Å². The monoisotopic (exact) mass is 326 g/mol. The molecular weight excluding hydrogens is 307 g/mol. The molecule has 0 unspecified atom stereocenters. The van der Waals surface area contributed by atoms with Gasteiger partial charge in [-0.3, -0.25) is 4.90 Å². The minimum absolute atomic E-state index is 0.196. The fourth-order valence-corrected chi connectivity index (χ4v) is 3.25. The van der Waals surface area contributed by atoms with Gasteiger partial charge in [-0.1, -0.05) is 12.1 Å². The Bertz CT molecular complexity index is 808. The van der Waals surface area contributed by atoms with E-state index < -0.39 is 0 Å². The van der Waals surface area contributed by atoms with Gasteiger partial charge in [0.2, 0.25) is 0 Å². The third-order valence-corrected chi connectivity index (χ3v) is 4.59. The number of imidazole rings is 1. The first-order valence-corrected chi connectivity index (χ1v) is 8.06. The third kappa shape index (κ3) is 2.82. The zero-order chi connectivity index (χ0) is 16.5. The zero-order valence-corrected chi connectivity index (χ0v) is 13.5. The number of aromatic nitrogens is 5. The molecule has 3 aromatic rings. The third-order valence-electron chi connectivity index (χ3n) is 4.59. The van der Waals surface area contributed by atoms with Gasteiger partial charge in [0, 0.05) is 19.6 Å². The predicted molar refractivity (Wildman–Crippen MR) is 86.6 cm³/mol. The van der Waals surface area contributed by atoms with E-state index in [9.17, 15) is 4.39 Å². The molecule has 1 aromatic carbocycles. The van der Waals surface area contributed by atoms with Crippen LogP contribution in [0.1, 0.15) is 30.0 Å². The minimum atomic E-state index is -0.196. The summed E-state index contributed by atoms with van der Waals surface area (Å²) in [5.74, 6) is 0.872. The molecule has 124 valence electrons. The van der Waals surface area contributed by atoms with Gasteiger partial charge in [-0.2, -0.15) is 5.10 Å². The van der Waals surface area contributed by atoms with Crippen molar-refractivity contribution in [1.82, 2.24) is 29.2 Å². The molecule has 0 amide bonds. The molecule has 0 saturated heterocycles. The topological polar surface area (TPSA) is 51.8 Å². The van der Waals surface area contributed by atoms with Crippen LogP contribution in [-0.4, -0.2) is 35.8 Å². The Morgan fingerprint density at radius 1 is 1.17 bits per heavy atom. The van der Waals surface area contributed by atoms with E-state index in [0.29, 0.717) is 6.54 Å². The van der Waals surface area contributed by atoms with Gasteiger partial charge >= 0.3 is 0 Å². The lowest BCUT2D eigenvalue weighted by Gasteiger charge is -2.34. The van der Waals surface area contributed by atoms with Crippen molar-refractivity contribution < 1.29 is 4.39 Å². The quantitative estimate of drug-likeness (QED) is 0.738. The predicted octanol–water partition coefficient (Wildman–Crippen LogP) is 2.24. The Balaban J connectivity index is 1.51. The van der Waals surface area contributed by atoms with Crippen LogP contribution in [0.25, 0.3) is 0 Å². The van der Waals surface area contributed by atoms with E-state index in [1.165, 1.54) is 12.1 Å². The molecule has 0 saturated carbocycles. The highest BCUT2D eigenvalue weighted by Crippen LogP contribution is 2.27. The standard InChI is InChI=1S/C17H19FN6/c1-13-17-20-8-16(10-23-12-19-11-21-23)24(17)7-6-22(13)9-14-2-4-15(18)5-3-14/h2-5,8,11-13H,6-7,9-10H2,1H3/t13-/m0/s1. The molecule has 4 rings (SSSR count). The van der Waals surface area contributed by atoms with Gasteiger partial charge in [0.1, 0.15) is 24.3 Å². The molecule has 24 heavy (non-hydrogen) atoms. The van der Waals surface area contributed by atoms with E-state index in [4.69, 9.17) is 0 Å². The maximum atomic E-state index is 13.1. The Hall–Kier alpha value is -2.54. The Kier molecular flexibility index (Phi) is 3.86. The van der Waals surface area contributed by atoms with Gasteiger partial charge in [0.25, 0.3) is 0 Å². The Labute approximate surface area is 139 Å². The first-order valence-electron chi connectivity index (χ1n) is 8.06. The Morgan fingerprint density at radius 3 is 2.75 bits per heavy atom. The molecule has 0 bridgehead atoms. The highest BCUT2D eigenvalue weighted by molar-refractivity contribution is 5.17. The van der Waals surface area contributed by atoms with Crippen molar-refractivity contribution in [2.75, 3.05) is 6.54 Å². The number of halogens is 1. The SMILES string of the molecule is C[C@H]1c2ncc(Cn3cncn3)n2CCN1Cc1ccc(F)cc1. The first kappa shape index (κ1) is 15.0. The van der Waals surface area contributed by atoms with E-state index in [1.807, 2.05) is 18.3 Å². The van der Waals surface area contributed by atoms with Gasteiger partial charge in [-0.25, -0.2) is 19.0 Å². The molecule has 1 aliphatic rings. The summed E-state index contributed by atoms with van der Waals surface area (Å²) in [6.07, 6.45) is 5.18. The van der Waals surface area contributed by atoms with Crippen molar-refractivity contribution >= 4 is 0 Å². The van der Waals surface area contributed by atoms with E-state index in [0.717, 1.165) is 36.7 Å². The molecule has 2 aromatic heterocycles. The van der Waals surface area contributed by atoms with Crippen LogP contribution < -0.4 is 0 Å². The number of nitrogens with zero attached hydrogens (tertiary/aromatic N) is 6. The molecule has 0 spiro atoms. The average molecular weight is 326 g/mol. The second-order valence-electron chi connectivity index (χ2n) is 6.13. The second kappa shape index (κ2) is 6.16. The second-order valence-corrected chi connectivity index (χ2v) is 6.13. The van der Waals surface area contributed by atoms with Gasteiger partial charge in [-0.15, -0.1) is 0 Å². The fourth-order valence-electron chi connectivity index (χ4n) is 3.25. The zero-order valence-electron chi connectivity index (χ0n) is 13.5. The van der Waals surface area contributed by atoms with E-state index in [1.54, 1.807) is 17.3 Å². The fraction of sp³-hybridized carbons (Fsp3) is 0.353. The average Bonchev–Trinajstić information content (AvgIpc) is 3.23. The summed E-state index contributed by atoms with van der Waals surface area (Å²) >= 11 is 0. The summed E-state index contributed by atoms with van der Waals surface area (Å²) < 4.78 is 17.1. The lowest BCUT2D eigenvalue weighted by Crippen LogP contribution is -2.37. The number of benzene rings is 1. The highest BCUT2D eigenvalue weighted by Gasteiger charge is 2.27. The van der Waals surface area contributed by atoms with Crippen molar-refractivity contribution in [3.63, 3.8) is 0 Å². The molecule has 7 heteroatoms. The van der Waals surface area contributed by atoms with Crippen LogP contribution in [0.5, 0.6) is 0 Å². The van der Waals surface area contributed by atoms with Crippen molar-refractivity contribution in [3.05, 3.63) is 66.0 Å². The molecule has 6 nitrogen and oxygen atoms in total. The Morgan fingerprint density at radius 2 is 2.00 bits per heavy atom.